The molecule has 1 aliphatic heterocycles. The summed E-state index contributed by atoms with van der Waals surface area (Å²) in [6, 6.07) is 14.7. The maximum absolute atomic E-state index is 13.2. The van der Waals surface area contributed by atoms with Gasteiger partial charge in [-0.2, -0.15) is 5.10 Å². The van der Waals surface area contributed by atoms with E-state index in [9.17, 15) is 9.59 Å². The summed E-state index contributed by atoms with van der Waals surface area (Å²) >= 11 is 1.55. The molecule has 1 fully saturated rings. The van der Waals surface area contributed by atoms with Crippen molar-refractivity contribution in [2.24, 2.45) is 4.99 Å². The number of ether oxygens (including phenoxy) is 1. The monoisotopic (exact) mass is 422 g/mol. The minimum absolute atomic E-state index is 0.00883. The van der Waals surface area contributed by atoms with Gasteiger partial charge in [-0.3, -0.25) is 14.5 Å². The molecule has 1 saturated heterocycles. The van der Waals surface area contributed by atoms with Gasteiger partial charge in [0.15, 0.2) is 5.17 Å². The number of amides is 1. The Hall–Kier alpha value is -3.13. The van der Waals surface area contributed by atoms with Gasteiger partial charge >= 0.3 is 0 Å². The second-order valence-corrected chi connectivity index (χ2v) is 7.93. The van der Waals surface area contributed by atoms with Gasteiger partial charge in [-0.15, -0.1) is 0 Å². The fourth-order valence-electron chi connectivity index (χ4n) is 3.43. The van der Waals surface area contributed by atoms with Crippen LogP contribution in [0.5, 0.6) is 5.75 Å². The van der Waals surface area contributed by atoms with E-state index in [-0.39, 0.29) is 23.9 Å². The zero-order chi connectivity index (χ0) is 21.1. The highest BCUT2D eigenvalue weighted by Crippen LogP contribution is 2.32. The summed E-state index contributed by atoms with van der Waals surface area (Å²) in [5.74, 6) is 1.35. The molecule has 30 heavy (non-hydrogen) atoms. The number of aromatic nitrogens is 2. The molecule has 0 radical (unpaired) electrons. The van der Waals surface area contributed by atoms with E-state index < -0.39 is 0 Å². The van der Waals surface area contributed by atoms with Gasteiger partial charge in [0, 0.05) is 17.2 Å². The molecule has 4 rings (SSSR count). The first-order valence-electron chi connectivity index (χ1n) is 9.80. The van der Waals surface area contributed by atoms with Crippen molar-refractivity contribution in [3.8, 4) is 5.75 Å². The van der Waals surface area contributed by atoms with E-state index in [1.165, 1.54) is 0 Å². The molecule has 1 unspecified atom stereocenters. The molecule has 1 N–H and O–H groups in total. The van der Waals surface area contributed by atoms with Crippen molar-refractivity contribution in [2.75, 3.05) is 12.4 Å². The highest BCUT2D eigenvalue weighted by molar-refractivity contribution is 8.14. The molecule has 1 amide bonds. The third-order valence-electron chi connectivity index (χ3n) is 4.84. The minimum atomic E-state index is -0.262. The van der Waals surface area contributed by atoms with Gasteiger partial charge in [-0.25, -0.2) is 10.1 Å². The lowest BCUT2D eigenvalue weighted by Crippen LogP contribution is -2.39. The molecule has 8 heteroatoms. The summed E-state index contributed by atoms with van der Waals surface area (Å²) in [5.41, 5.74) is 0.983. The molecular formula is C22H22N4O3S. The van der Waals surface area contributed by atoms with Crippen molar-refractivity contribution in [1.29, 1.82) is 0 Å². The van der Waals surface area contributed by atoms with Crippen LogP contribution in [0.2, 0.25) is 0 Å². The maximum Gasteiger partial charge on any atom is 0.272 e. The number of benzene rings is 2. The Morgan fingerprint density at radius 2 is 1.97 bits per heavy atom. The number of hydrogen-bond acceptors (Lipinski definition) is 6. The van der Waals surface area contributed by atoms with E-state index in [1.807, 2.05) is 50.2 Å². The SMILES string of the molecule is CCOc1ccccc1N=C1SCC(C)N1C(=O)Cc1n[nH]c(=O)c2ccccc12. The molecular weight excluding hydrogens is 400 g/mol. The summed E-state index contributed by atoms with van der Waals surface area (Å²) in [4.78, 5) is 31.7. The number of rotatable bonds is 5. The van der Waals surface area contributed by atoms with Crippen molar-refractivity contribution in [2.45, 2.75) is 26.3 Å². The van der Waals surface area contributed by atoms with Crippen LogP contribution in [0.1, 0.15) is 19.5 Å². The van der Waals surface area contributed by atoms with Crippen LogP contribution < -0.4 is 10.3 Å². The molecule has 0 bridgehead atoms. The third kappa shape index (κ3) is 3.95. The van der Waals surface area contributed by atoms with Gasteiger partial charge in [0.25, 0.3) is 5.56 Å². The second kappa shape index (κ2) is 8.71. The maximum atomic E-state index is 13.2. The third-order valence-corrected chi connectivity index (χ3v) is 6.04. The molecule has 0 saturated carbocycles. The normalized spacial score (nSPS) is 17.6. The van der Waals surface area contributed by atoms with Gasteiger partial charge in [0.05, 0.1) is 24.1 Å². The van der Waals surface area contributed by atoms with Crippen LogP contribution in [0.4, 0.5) is 5.69 Å². The van der Waals surface area contributed by atoms with E-state index >= 15 is 0 Å². The average Bonchev–Trinajstić information content (AvgIpc) is 3.12. The van der Waals surface area contributed by atoms with Crippen LogP contribution in [-0.2, 0) is 11.2 Å². The Morgan fingerprint density at radius 3 is 2.77 bits per heavy atom. The van der Waals surface area contributed by atoms with Gasteiger partial charge in [-0.05, 0) is 32.0 Å². The summed E-state index contributed by atoms with van der Waals surface area (Å²) in [6.07, 6.45) is 0.0777. The highest BCUT2D eigenvalue weighted by atomic mass is 32.2. The van der Waals surface area contributed by atoms with Crippen LogP contribution in [0.25, 0.3) is 10.8 Å². The molecule has 2 aromatic carbocycles. The number of carbonyl (C=O) groups excluding carboxylic acids is 1. The van der Waals surface area contributed by atoms with Crippen molar-refractivity contribution < 1.29 is 9.53 Å². The Labute approximate surface area is 178 Å². The lowest BCUT2D eigenvalue weighted by atomic mass is 10.1. The van der Waals surface area contributed by atoms with Crippen molar-refractivity contribution in [1.82, 2.24) is 15.1 Å². The van der Waals surface area contributed by atoms with Gasteiger partial charge in [-0.1, -0.05) is 42.1 Å². The summed E-state index contributed by atoms with van der Waals surface area (Å²) in [7, 11) is 0. The quantitative estimate of drug-likeness (QED) is 0.680. The standard InChI is InChI=1S/C22H22N4O3S/c1-3-29-19-11-7-6-10-17(19)23-22-26(14(2)13-30-22)20(27)12-18-15-8-4-5-9-16(15)21(28)25-24-18/h4-11,14H,3,12-13H2,1-2H3,(H,25,28). The fourth-order valence-corrected chi connectivity index (χ4v) is 4.55. The van der Waals surface area contributed by atoms with E-state index in [4.69, 9.17) is 9.73 Å². The number of aromatic amines is 1. The molecule has 0 aliphatic carbocycles. The molecule has 1 aromatic heterocycles. The number of carbonyl (C=O) groups is 1. The molecule has 3 aromatic rings. The summed E-state index contributed by atoms with van der Waals surface area (Å²) in [6.45, 7) is 4.47. The van der Waals surface area contributed by atoms with Crippen LogP contribution in [0.15, 0.2) is 58.3 Å². The number of thioether (sulfide) groups is 1. The first-order valence-corrected chi connectivity index (χ1v) is 10.8. The number of nitrogens with zero attached hydrogens (tertiary/aromatic N) is 3. The number of hydrogen-bond donors (Lipinski definition) is 1. The van der Waals surface area contributed by atoms with Crippen LogP contribution in [-0.4, -0.2) is 44.6 Å². The van der Waals surface area contributed by atoms with Crippen molar-refractivity contribution in [3.05, 3.63) is 64.6 Å². The lowest BCUT2D eigenvalue weighted by molar-refractivity contribution is -0.127. The largest absolute Gasteiger partial charge is 0.492 e. The predicted molar refractivity (Wildman–Crippen MR) is 120 cm³/mol. The van der Waals surface area contributed by atoms with Gasteiger partial charge in [0.1, 0.15) is 11.4 Å². The average molecular weight is 423 g/mol. The first-order chi connectivity index (χ1) is 14.6. The number of nitrogens with one attached hydrogen (secondary N) is 1. The lowest BCUT2D eigenvalue weighted by Gasteiger charge is -2.21. The molecule has 0 spiro atoms. The van der Waals surface area contributed by atoms with E-state index in [1.54, 1.807) is 28.8 Å². The Kier molecular flexibility index (Phi) is 5.85. The predicted octanol–water partition coefficient (Wildman–Crippen LogP) is 3.52. The second-order valence-electron chi connectivity index (χ2n) is 6.94. The van der Waals surface area contributed by atoms with E-state index in [2.05, 4.69) is 10.2 Å². The Balaban J connectivity index is 1.65. The van der Waals surface area contributed by atoms with E-state index in [0.717, 1.165) is 5.75 Å². The zero-order valence-electron chi connectivity index (χ0n) is 16.8. The first kappa shape index (κ1) is 20.2. The number of fused-ring (bicyclic) bond motifs is 1. The van der Waals surface area contributed by atoms with Crippen LogP contribution >= 0.6 is 11.8 Å². The van der Waals surface area contributed by atoms with E-state index in [0.29, 0.717) is 39.7 Å². The Morgan fingerprint density at radius 1 is 1.23 bits per heavy atom. The van der Waals surface area contributed by atoms with Crippen molar-refractivity contribution >= 4 is 39.3 Å². The van der Waals surface area contributed by atoms with Crippen molar-refractivity contribution in [3.63, 3.8) is 0 Å². The van der Waals surface area contributed by atoms with Gasteiger partial charge < -0.3 is 4.74 Å². The number of aliphatic imine (C=N–C) groups is 1. The van der Waals surface area contributed by atoms with Crippen LogP contribution in [0, 0.1) is 0 Å². The number of para-hydroxylation sites is 2. The number of amidine groups is 1. The highest BCUT2D eigenvalue weighted by Gasteiger charge is 2.33. The zero-order valence-corrected chi connectivity index (χ0v) is 17.6. The van der Waals surface area contributed by atoms with Crippen LogP contribution in [0.3, 0.4) is 0 Å². The molecule has 1 aliphatic rings. The number of H-pyrrole nitrogens is 1. The summed E-state index contributed by atoms with van der Waals surface area (Å²) in [5, 5.41) is 8.50. The topological polar surface area (TPSA) is 87.7 Å². The molecule has 1 atom stereocenters. The smallest absolute Gasteiger partial charge is 0.272 e. The molecule has 154 valence electrons. The minimum Gasteiger partial charge on any atom is -0.492 e. The van der Waals surface area contributed by atoms with Gasteiger partial charge in [0.2, 0.25) is 5.91 Å². The fraction of sp³-hybridized carbons (Fsp3) is 0.273. The Bertz CT molecular complexity index is 1170. The molecule has 7 nitrogen and oxygen atoms in total. The summed E-state index contributed by atoms with van der Waals surface area (Å²) < 4.78 is 5.66. The molecule has 2 heterocycles.